The summed E-state index contributed by atoms with van der Waals surface area (Å²) < 4.78 is 0. The van der Waals surface area contributed by atoms with Gasteiger partial charge in [0.2, 0.25) is 5.91 Å². The largest absolute Gasteiger partial charge is 0.355 e. The van der Waals surface area contributed by atoms with Crippen LogP contribution in [0.4, 0.5) is 0 Å². The van der Waals surface area contributed by atoms with E-state index in [1.807, 2.05) is 38.1 Å². The van der Waals surface area contributed by atoms with Gasteiger partial charge in [0.15, 0.2) is 0 Å². The molecule has 2 rings (SSSR count). The molecule has 1 unspecified atom stereocenters. The first-order valence-electron chi connectivity index (χ1n) is 7.25. The van der Waals surface area contributed by atoms with Gasteiger partial charge in [-0.25, -0.2) is 0 Å². The van der Waals surface area contributed by atoms with Gasteiger partial charge in [-0.05, 0) is 63.4 Å². The molecule has 0 saturated carbocycles. The Morgan fingerprint density at radius 2 is 2.30 bits per heavy atom. The first kappa shape index (κ1) is 15.3. The maximum Gasteiger partial charge on any atom is 0.230 e. The van der Waals surface area contributed by atoms with E-state index in [1.165, 1.54) is 6.42 Å². The zero-order valence-corrected chi connectivity index (χ0v) is 13.0. The summed E-state index contributed by atoms with van der Waals surface area (Å²) in [6, 6.07) is 7.53. The van der Waals surface area contributed by atoms with Crippen LogP contribution in [0.25, 0.3) is 0 Å². The van der Waals surface area contributed by atoms with Crippen LogP contribution < -0.4 is 10.6 Å². The summed E-state index contributed by atoms with van der Waals surface area (Å²) in [6.07, 6.45) is 2.26. The summed E-state index contributed by atoms with van der Waals surface area (Å²) in [7, 11) is 0. The fourth-order valence-electron chi connectivity index (χ4n) is 2.58. The van der Waals surface area contributed by atoms with Crippen molar-refractivity contribution < 1.29 is 4.79 Å². The molecule has 0 bridgehead atoms. The quantitative estimate of drug-likeness (QED) is 0.877. The molecule has 2 N–H and O–H groups in total. The third-order valence-corrected chi connectivity index (χ3v) is 4.35. The Morgan fingerprint density at radius 3 is 2.95 bits per heavy atom. The molecule has 0 aromatic heterocycles. The molecule has 1 aromatic carbocycles. The van der Waals surface area contributed by atoms with Crippen molar-refractivity contribution in [3.8, 4) is 0 Å². The zero-order valence-electron chi connectivity index (χ0n) is 12.2. The van der Waals surface area contributed by atoms with E-state index in [0.29, 0.717) is 10.9 Å². The summed E-state index contributed by atoms with van der Waals surface area (Å²) >= 11 is 6.01. The fourth-order valence-corrected chi connectivity index (χ4v) is 2.77. The van der Waals surface area contributed by atoms with Crippen molar-refractivity contribution in [2.45, 2.75) is 32.1 Å². The van der Waals surface area contributed by atoms with Gasteiger partial charge < -0.3 is 10.6 Å². The maximum atomic E-state index is 12.4. The number of halogens is 1. The lowest BCUT2D eigenvalue weighted by Crippen LogP contribution is -2.40. The summed E-state index contributed by atoms with van der Waals surface area (Å²) in [5, 5.41) is 7.07. The highest BCUT2D eigenvalue weighted by Crippen LogP contribution is 2.25. The Labute approximate surface area is 126 Å². The van der Waals surface area contributed by atoms with Crippen molar-refractivity contribution in [2.24, 2.45) is 5.92 Å². The Kier molecular flexibility index (Phi) is 5.06. The van der Waals surface area contributed by atoms with Gasteiger partial charge in [-0.15, -0.1) is 0 Å². The van der Waals surface area contributed by atoms with Crippen LogP contribution in [0, 0.1) is 5.92 Å². The minimum atomic E-state index is -0.557. The Balaban J connectivity index is 1.89. The smallest absolute Gasteiger partial charge is 0.230 e. The average molecular weight is 295 g/mol. The van der Waals surface area contributed by atoms with Crippen molar-refractivity contribution in [3.05, 3.63) is 34.9 Å². The van der Waals surface area contributed by atoms with E-state index in [2.05, 4.69) is 10.6 Å². The summed E-state index contributed by atoms with van der Waals surface area (Å²) in [5.41, 5.74) is 0.392. The SMILES string of the molecule is CC(C)(C(=O)NCCC1CCNC1)c1cccc(Cl)c1. The minimum Gasteiger partial charge on any atom is -0.355 e. The van der Waals surface area contributed by atoms with Crippen molar-refractivity contribution >= 4 is 17.5 Å². The second kappa shape index (κ2) is 6.59. The van der Waals surface area contributed by atoms with Gasteiger partial charge in [-0.2, -0.15) is 0 Å². The Morgan fingerprint density at radius 1 is 1.50 bits per heavy atom. The number of hydrogen-bond donors (Lipinski definition) is 2. The van der Waals surface area contributed by atoms with Crippen molar-refractivity contribution in [3.63, 3.8) is 0 Å². The second-order valence-corrected chi connectivity index (χ2v) is 6.48. The number of carbonyl (C=O) groups excluding carboxylic acids is 1. The maximum absolute atomic E-state index is 12.4. The number of amides is 1. The summed E-state index contributed by atoms with van der Waals surface area (Å²) in [5.74, 6) is 0.760. The molecule has 1 heterocycles. The molecule has 1 saturated heterocycles. The van der Waals surface area contributed by atoms with Crippen molar-refractivity contribution in [2.75, 3.05) is 19.6 Å². The molecule has 1 aliphatic heterocycles. The van der Waals surface area contributed by atoms with Crippen LogP contribution in [0.2, 0.25) is 5.02 Å². The van der Waals surface area contributed by atoms with Crippen molar-refractivity contribution in [1.29, 1.82) is 0 Å². The molecule has 0 spiro atoms. The van der Waals surface area contributed by atoms with Gasteiger partial charge >= 0.3 is 0 Å². The standard InChI is InChI=1S/C16H23ClN2O/c1-16(2,13-4-3-5-14(17)10-13)15(20)19-9-7-12-6-8-18-11-12/h3-5,10,12,18H,6-9,11H2,1-2H3,(H,19,20). The van der Waals surface area contributed by atoms with Gasteiger partial charge in [0, 0.05) is 11.6 Å². The average Bonchev–Trinajstić information content (AvgIpc) is 2.91. The van der Waals surface area contributed by atoms with Crippen LogP contribution in [0.15, 0.2) is 24.3 Å². The van der Waals surface area contributed by atoms with Crippen LogP contribution in [-0.4, -0.2) is 25.5 Å². The first-order valence-corrected chi connectivity index (χ1v) is 7.63. The summed E-state index contributed by atoms with van der Waals surface area (Å²) in [4.78, 5) is 12.4. The van der Waals surface area contributed by atoms with E-state index in [-0.39, 0.29) is 5.91 Å². The van der Waals surface area contributed by atoms with Gasteiger partial charge in [0.1, 0.15) is 0 Å². The van der Waals surface area contributed by atoms with Crippen LogP contribution in [0.5, 0.6) is 0 Å². The lowest BCUT2D eigenvalue weighted by atomic mass is 9.83. The zero-order chi connectivity index (χ0) is 14.6. The molecule has 110 valence electrons. The predicted octanol–water partition coefficient (Wildman–Crippen LogP) is 2.73. The van der Waals surface area contributed by atoms with Gasteiger partial charge in [0.05, 0.1) is 5.41 Å². The molecule has 20 heavy (non-hydrogen) atoms. The number of carbonyl (C=O) groups is 1. The van der Waals surface area contributed by atoms with E-state index in [1.54, 1.807) is 0 Å². The molecule has 1 amide bonds. The molecule has 0 aliphatic carbocycles. The third kappa shape index (κ3) is 3.74. The molecule has 1 aliphatic rings. The van der Waals surface area contributed by atoms with E-state index in [4.69, 9.17) is 11.6 Å². The summed E-state index contributed by atoms with van der Waals surface area (Å²) in [6.45, 7) is 6.80. The van der Waals surface area contributed by atoms with Gasteiger partial charge in [-0.1, -0.05) is 23.7 Å². The molecule has 1 fully saturated rings. The fraction of sp³-hybridized carbons (Fsp3) is 0.562. The highest BCUT2D eigenvalue weighted by atomic mass is 35.5. The van der Waals surface area contributed by atoms with E-state index < -0.39 is 5.41 Å². The normalized spacial score (nSPS) is 19.1. The van der Waals surface area contributed by atoms with E-state index in [0.717, 1.165) is 31.6 Å². The topological polar surface area (TPSA) is 41.1 Å². The van der Waals surface area contributed by atoms with Crippen LogP contribution >= 0.6 is 11.6 Å². The van der Waals surface area contributed by atoms with Crippen LogP contribution in [-0.2, 0) is 10.2 Å². The molecule has 4 heteroatoms. The first-order chi connectivity index (χ1) is 9.50. The lowest BCUT2D eigenvalue weighted by molar-refractivity contribution is -0.125. The van der Waals surface area contributed by atoms with Gasteiger partial charge in [0.25, 0.3) is 0 Å². The van der Waals surface area contributed by atoms with Crippen LogP contribution in [0.1, 0.15) is 32.3 Å². The van der Waals surface area contributed by atoms with Crippen LogP contribution in [0.3, 0.4) is 0 Å². The van der Waals surface area contributed by atoms with E-state index >= 15 is 0 Å². The van der Waals surface area contributed by atoms with E-state index in [9.17, 15) is 4.79 Å². The van der Waals surface area contributed by atoms with Crippen molar-refractivity contribution in [1.82, 2.24) is 10.6 Å². The minimum absolute atomic E-state index is 0.0609. The number of benzene rings is 1. The molecular formula is C16H23ClN2O. The van der Waals surface area contributed by atoms with Gasteiger partial charge in [-0.3, -0.25) is 4.79 Å². The second-order valence-electron chi connectivity index (χ2n) is 6.04. The molecular weight excluding hydrogens is 272 g/mol. The number of nitrogens with one attached hydrogen (secondary N) is 2. The highest BCUT2D eigenvalue weighted by Gasteiger charge is 2.29. The highest BCUT2D eigenvalue weighted by molar-refractivity contribution is 6.30. The third-order valence-electron chi connectivity index (χ3n) is 4.11. The monoisotopic (exact) mass is 294 g/mol. The number of hydrogen-bond acceptors (Lipinski definition) is 2. The lowest BCUT2D eigenvalue weighted by Gasteiger charge is -2.24. The number of rotatable bonds is 5. The molecule has 1 atom stereocenters. The molecule has 1 aromatic rings. The molecule has 0 radical (unpaired) electrons. The Hall–Kier alpha value is -1.06. The molecule has 3 nitrogen and oxygen atoms in total. The predicted molar refractivity (Wildman–Crippen MR) is 83.1 cm³/mol. The Bertz CT molecular complexity index is 467.